The maximum absolute atomic E-state index is 15.2. The molecule has 5 N–H and O–H groups in total. The Labute approximate surface area is 195 Å². The maximum atomic E-state index is 15.2. The molecule has 34 heavy (non-hydrogen) atoms. The first-order chi connectivity index (χ1) is 16.2. The molecule has 13 heteroatoms. The third-order valence-corrected chi connectivity index (χ3v) is 6.45. The van der Waals surface area contributed by atoms with Gasteiger partial charge in [-0.2, -0.15) is 0 Å². The predicted molar refractivity (Wildman–Crippen MR) is 127 cm³/mol. The highest BCUT2D eigenvalue weighted by Crippen LogP contribution is 2.31. The quantitative estimate of drug-likeness (QED) is 0.287. The van der Waals surface area contributed by atoms with Crippen LogP contribution in [0.5, 0.6) is 0 Å². The van der Waals surface area contributed by atoms with Gasteiger partial charge in [0, 0.05) is 30.7 Å². The highest BCUT2D eigenvalue weighted by molar-refractivity contribution is 7.92. The van der Waals surface area contributed by atoms with Crippen LogP contribution in [0.2, 0.25) is 0 Å². The highest BCUT2D eigenvalue weighted by Gasteiger charge is 2.40. The molecule has 0 fully saturated rings. The summed E-state index contributed by atoms with van der Waals surface area (Å²) in [5, 5.41) is 5.86. The number of anilines is 1. The number of benzene rings is 1. The summed E-state index contributed by atoms with van der Waals surface area (Å²) >= 11 is 0. The molecule has 2 atom stereocenters. The number of nitrogens with two attached hydrogens (primary N) is 1. The third kappa shape index (κ3) is 5.30. The largest absolute Gasteiger partial charge is 0.403 e. The fourth-order valence-corrected chi connectivity index (χ4v) is 4.59. The van der Waals surface area contributed by atoms with E-state index in [1.165, 1.54) is 25.0 Å². The van der Waals surface area contributed by atoms with E-state index in [9.17, 15) is 17.6 Å². The van der Waals surface area contributed by atoms with E-state index in [1.807, 2.05) is 6.92 Å². The van der Waals surface area contributed by atoms with Gasteiger partial charge in [-0.05, 0) is 25.5 Å². The molecule has 3 rings (SSSR count). The molecule has 0 amide bonds. The fraction of sp³-hybridized carbons (Fsp3) is 0.333. The van der Waals surface area contributed by atoms with Crippen molar-refractivity contribution >= 4 is 39.9 Å². The van der Waals surface area contributed by atoms with Gasteiger partial charge < -0.3 is 16.4 Å². The molecule has 0 saturated carbocycles. The number of aliphatic imine (C=N–C) groups is 3. The number of ketones is 1. The zero-order valence-electron chi connectivity index (χ0n) is 18.5. The van der Waals surface area contributed by atoms with Crippen LogP contribution in [0.1, 0.15) is 30.6 Å². The van der Waals surface area contributed by atoms with Crippen LogP contribution in [0.4, 0.5) is 14.5 Å². The number of allylic oxidation sites excluding steroid dienone is 1. The SMILES string of the molecule is CCCS(=O)(=O)Nc1ccc(F)c(C(=O)C2=CNC3=NC=NC(NC(C=NCC)=CN)C23)c1F. The number of nitrogens with zero attached hydrogens (tertiary/aromatic N) is 3. The summed E-state index contributed by atoms with van der Waals surface area (Å²) in [5.41, 5.74) is 4.64. The average molecular weight is 494 g/mol. The Bertz CT molecular complexity index is 1220. The maximum Gasteiger partial charge on any atom is 0.232 e. The van der Waals surface area contributed by atoms with Gasteiger partial charge in [0.25, 0.3) is 0 Å². The van der Waals surface area contributed by atoms with E-state index in [-0.39, 0.29) is 11.3 Å². The topological polar surface area (TPSA) is 150 Å². The number of carbonyl (C=O) groups is 1. The van der Waals surface area contributed by atoms with E-state index in [0.717, 1.165) is 12.1 Å². The number of carbonyl (C=O) groups excluding carboxylic acids is 1. The lowest BCUT2D eigenvalue weighted by Gasteiger charge is -2.26. The molecule has 0 aliphatic carbocycles. The van der Waals surface area contributed by atoms with E-state index in [0.29, 0.717) is 24.5 Å². The second-order valence-electron chi connectivity index (χ2n) is 7.37. The van der Waals surface area contributed by atoms with Crippen molar-refractivity contribution in [3.8, 4) is 0 Å². The highest BCUT2D eigenvalue weighted by atomic mass is 32.2. The van der Waals surface area contributed by atoms with Crippen molar-refractivity contribution in [2.45, 2.75) is 26.4 Å². The van der Waals surface area contributed by atoms with Gasteiger partial charge in [-0.3, -0.25) is 14.5 Å². The molecule has 0 saturated heterocycles. The Balaban J connectivity index is 1.94. The van der Waals surface area contributed by atoms with E-state index < -0.39 is 50.8 Å². The van der Waals surface area contributed by atoms with Gasteiger partial charge >= 0.3 is 0 Å². The zero-order valence-corrected chi connectivity index (χ0v) is 19.4. The summed E-state index contributed by atoms with van der Waals surface area (Å²) in [6.45, 7) is 4.00. The van der Waals surface area contributed by atoms with Crippen LogP contribution in [0.15, 0.2) is 50.8 Å². The van der Waals surface area contributed by atoms with Crippen molar-refractivity contribution < 1.29 is 22.0 Å². The Morgan fingerprint density at radius 1 is 1.32 bits per heavy atom. The van der Waals surface area contributed by atoms with Crippen molar-refractivity contribution in [3.63, 3.8) is 0 Å². The molecule has 2 aliphatic rings. The fourth-order valence-electron chi connectivity index (χ4n) is 3.46. The van der Waals surface area contributed by atoms with Crippen LogP contribution in [-0.2, 0) is 10.0 Å². The minimum absolute atomic E-state index is 0.0109. The molecule has 1 aromatic rings. The van der Waals surface area contributed by atoms with Crippen molar-refractivity contribution in [1.82, 2.24) is 10.6 Å². The smallest absolute Gasteiger partial charge is 0.232 e. The summed E-state index contributed by atoms with van der Waals surface area (Å²) in [6.07, 6.45) is 4.89. The lowest BCUT2D eigenvalue weighted by molar-refractivity contribution is 0.101. The number of rotatable bonds is 10. The molecule has 10 nitrogen and oxygen atoms in total. The normalized spacial score (nSPS) is 19.9. The molecule has 0 bridgehead atoms. The Kier molecular flexibility index (Phi) is 7.76. The molecule has 0 spiro atoms. The first-order valence-electron chi connectivity index (χ1n) is 10.5. The van der Waals surface area contributed by atoms with Crippen molar-refractivity contribution in [2.24, 2.45) is 26.6 Å². The van der Waals surface area contributed by atoms with Crippen LogP contribution >= 0.6 is 0 Å². The number of Topliss-reactive ketones (excluding diaryl/α,β-unsaturated/α-hetero) is 1. The third-order valence-electron chi connectivity index (χ3n) is 4.97. The first kappa shape index (κ1) is 25.0. The van der Waals surface area contributed by atoms with E-state index >= 15 is 4.39 Å². The molecule has 0 radical (unpaired) electrons. The van der Waals surface area contributed by atoms with Crippen LogP contribution in [0, 0.1) is 17.6 Å². The van der Waals surface area contributed by atoms with E-state index in [2.05, 4.69) is 30.3 Å². The molecule has 1 aromatic carbocycles. The minimum atomic E-state index is -3.86. The second-order valence-corrected chi connectivity index (χ2v) is 9.22. The van der Waals surface area contributed by atoms with Gasteiger partial charge in [0.15, 0.2) is 11.6 Å². The van der Waals surface area contributed by atoms with Gasteiger partial charge in [0.1, 0.15) is 24.2 Å². The average Bonchev–Trinajstić information content (AvgIpc) is 3.23. The van der Waals surface area contributed by atoms with Crippen molar-refractivity contribution in [2.75, 3.05) is 17.0 Å². The van der Waals surface area contributed by atoms with Crippen LogP contribution in [0.3, 0.4) is 0 Å². The molecule has 2 heterocycles. The summed E-state index contributed by atoms with van der Waals surface area (Å²) in [7, 11) is -3.86. The number of sulfonamides is 1. The van der Waals surface area contributed by atoms with Crippen molar-refractivity contribution in [3.05, 3.63) is 53.0 Å². The standard InChI is InChI=1S/C21H25F2N7O3S/c1-3-7-34(32,33)30-15-6-5-14(22)17(18(15)23)19(31)13-10-26-20-16(13)21(28-11-27-20)29-12(8-24)9-25-4-2/h5-6,8-11,16,21,29-30H,3-4,7,24H2,1-2H3,(H,26,27,28). The molecule has 2 unspecified atom stereocenters. The molecular weight excluding hydrogens is 468 g/mol. The summed E-state index contributed by atoms with van der Waals surface area (Å²) in [5.74, 6) is -4.12. The van der Waals surface area contributed by atoms with E-state index in [1.54, 1.807) is 6.92 Å². The summed E-state index contributed by atoms with van der Waals surface area (Å²) in [6, 6.07) is 1.77. The number of halogens is 2. The van der Waals surface area contributed by atoms with Crippen LogP contribution < -0.4 is 21.1 Å². The summed E-state index contributed by atoms with van der Waals surface area (Å²) < 4.78 is 56.0. The van der Waals surface area contributed by atoms with E-state index in [4.69, 9.17) is 5.73 Å². The second kappa shape index (κ2) is 10.5. The van der Waals surface area contributed by atoms with Crippen LogP contribution in [-0.4, -0.2) is 51.1 Å². The first-order valence-corrected chi connectivity index (χ1v) is 12.1. The minimum Gasteiger partial charge on any atom is -0.403 e. The number of hydrogen-bond donors (Lipinski definition) is 4. The molecule has 0 aromatic heterocycles. The number of fused-ring (bicyclic) bond motifs is 1. The van der Waals surface area contributed by atoms with Gasteiger partial charge in [0.2, 0.25) is 10.0 Å². The molecule has 182 valence electrons. The molecule has 2 aliphatic heterocycles. The van der Waals surface area contributed by atoms with Crippen LogP contribution in [0.25, 0.3) is 0 Å². The number of nitrogens with one attached hydrogen (secondary N) is 3. The lowest BCUT2D eigenvalue weighted by Crippen LogP contribution is -2.43. The predicted octanol–water partition coefficient (Wildman–Crippen LogP) is 1.65. The number of hydrogen-bond acceptors (Lipinski definition) is 9. The Hall–Kier alpha value is -3.61. The Morgan fingerprint density at radius 3 is 2.76 bits per heavy atom. The Morgan fingerprint density at radius 2 is 2.09 bits per heavy atom. The van der Waals surface area contributed by atoms with Gasteiger partial charge in [-0.1, -0.05) is 6.92 Å². The molecular formula is C21H25F2N7O3S. The summed E-state index contributed by atoms with van der Waals surface area (Å²) in [4.78, 5) is 25.7. The monoisotopic (exact) mass is 493 g/mol. The zero-order chi connectivity index (χ0) is 24.9. The van der Waals surface area contributed by atoms with Crippen molar-refractivity contribution in [1.29, 1.82) is 0 Å². The van der Waals surface area contributed by atoms with Gasteiger partial charge in [0.05, 0.1) is 28.6 Å². The van der Waals surface area contributed by atoms with Gasteiger partial charge in [-0.15, -0.1) is 0 Å². The lowest BCUT2D eigenvalue weighted by atomic mass is 9.90. The number of amidine groups is 1. The van der Waals surface area contributed by atoms with Gasteiger partial charge in [-0.25, -0.2) is 27.2 Å².